The molecule has 0 spiro atoms. The van der Waals surface area contributed by atoms with E-state index in [0.717, 1.165) is 11.1 Å². The zero-order valence-corrected chi connectivity index (χ0v) is 18.8. The summed E-state index contributed by atoms with van der Waals surface area (Å²) in [6.45, 7) is 12.8. The fourth-order valence-corrected chi connectivity index (χ4v) is 5.02. The van der Waals surface area contributed by atoms with Crippen molar-refractivity contribution in [2.45, 2.75) is 42.8 Å². The second-order valence-corrected chi connectivity index (χ2v) is 10.8. The van der Waals surface area contributed by atoms with Gasteiger partial charge in [0.2, 0.25) is 10.0 Å². The van der Waals surface area contributed by atoms with E-state index in [2.05, 4.69) is 67.5 Å². The van der Waals surface area contributed by atoms with Crippen molar-refractivity contribution >= 4 is 26.0 Å². The van der Waals surface area contributed by atoms with E-state index in [4.69, 9.17) is 0 Å². The molecule has 3 nitrogen and oxygen atoms in total. The lowest BCUT2D eigenvalue weighted by Gasteiger charge is -2.24. The van der Waals surface area contributed by atoms with Gasteiger partial charge in [-0.3, -0.25) is 0 Å². The van der Waals surface area contributed by atoms with E-state index in [-0.39, 0.29) is 16.8 Å². The van der Waals surface area contributed by atoms with Crippen LogP contribution in [-0.2, 0) is 15.4 Å². The van der Waals surface area contributed by atoms with Crippen molar-refractivity contribution in [3.8, 4) is 0 Å². The van der Waals surface area contributed by atoms with E-state index < -0.39 is 10.0 Å². The van der Waals surface area contributed by atoms with Gasteiger partial charge in [-0.1, -0.05) is 84.7 Å². The highest BCUT2D eigenvalue weighted by molar-refractivity contribution is 9.09. The minimum atomic E-state index is -3.58. The lowest BCUT2D eigenvalue weighted by molar-refractivity contribution is 0.444. The second-order valence-electron chi connectivity index (χ2n) is 7.76. The third-order valence-corrected chi connectivity index (χ3v) is 7.16. The maximum absolute atomic E-state index is 13.0. The third-order valence-electron chi connectivity index (χ3n) is 4.49. The number of sulfonamides is 1. The molecule has 27 heavy (non-hydrogen) atoms. The highest BCUT2D eigenvalue weighted by atomic mass is 79.9. The summed E-state index contributed by atoms with van der Waals surface area (Å²) in [5.74, 6) is 0. The topological polar surface area (TPSA) is 37.4 Å². The van der Waals surface area contributed by atoms with Crippen LogP contribution >= 0.6 is 15.9 Å². The summed E-state index contributed by atoms with van der Waals surface area (Å²) in [4.78, 5) is 0.199. The summed E-state index contributed by atoms with van der Waals surface area (Å²) >= 11 is 3.67. The van der Waals surface area contributed by atoms with Crippen molar-refractivity contribution in [1.82, 2.24) is 4.31 Å². The number of aryl methyl sites for hydroxylation is 1. The normalized spacial score (nSPS) is 13.6. The Hall–Kier alpha value is -1.43. The monoisotopic (exact) mass is 449 g/mol. The predicted octanol–water partition coefficient (Wildman–Crippen LogP) is 5.61. The Morgan fingerprint density at radius 2 is 1.63 bits per heavy atom. The van der Waals surface area contributed by atoms with Gasteiger partial charge < -0.3 is 0 Å². The summed E-state index contributed by atoms with van der Waals surface area (Å²) in [6, 6.07) is 15.3. The molecule has 0 heterocycles. The van der Waals surface area contributed by atoms with Crippen molar-refractivity contribution in [2.24, 2.45) is 0 Å². The van der Waals surface area contributed by atoms with Gasteiger partial charge in [-0.05, 0) is 35.6 Å². The van der Waals surface area contributed by atoms with Crippen LogP contribution in [0, 0.1) is 6.92 Å². The van der Waals surface area contributed by atoms with E-state index >= 15 is 0 Å². The molecule has 0 bridgehead atoms. The first kappa shape index (κ1) is 21.9. The largest absolute Gasteiger partial charge is 0.243 e. The molecule has 5 heteroatoms. The molecule has 0 amide bonds. The lowest BCUT2D eigenvalue weighted by Crippen LogP contribution is -2.34. The molecule has 1 atom stereocenters. The molecule has 0 aliphatic heterocycles. The number of alkyl halides is 1. The molecule has 0 radical (unpaired) electrons. The Labute approximate surface area is 172 Å². The zero-order chi connectivity index (χ0) is 20.2. The van der Waals surface area contributed by atoms with Crippen LogP contribution in [0.5, 0.6) is 0 Å². The summed E-state index contributed by atoms with van der Waals surface area (Å²) < 4.78 is 27.5. The molecule has 1 unspecified atom stereocenters. The second kappa shape index (κ2) is 8.72. The number of hydrogen-bond donors (Lipinski definition) is 0. The van der Waals surface area contributed by atoms with Crippen LogP contribution in [-0.4, -0.2) is 25.8 Å². The van der Waals surface area contributed by atoms with Crippen molar-refractivity contribution in [1.29, 1.82) is 0 Å². The Kier molecular flexibility index (Phi) is 7.06. The molecular formula is C22H28BrNO2S. The molecule has 0 aliphatic carbocycles. The van der Waals surface area contributed by atoms with Gasteiger partial charge in [0.1, 0.15) is 0 Å². The van der Waals surface area contributed by atoms with Gasteiger partial charge >= 0.3 is 0 Å². The van der Waals surface area contributed by atoms with Gasteiger partial charge in [0, 0.05) is 13.1 Å². The molecule has 0 saturated heterocycles. The fourth-order valence-electron chi connectivity index (χ4n) is 2.75. The Bertz CT molecular complexity index is 866. The standard InChI is InChI=1S/C22H28BrNO2S/c1-6-15-24(27(25,26)20-13-7-17(2)8-14-20)16-21(23)18-9-11-19(12-10-18)22(3,4)5/h6-14,21H,1,15-16H2,2-5H3. The molecule has 0 aliphatic rings. The molecular weight excluding hydrogens is 422 g/mol. The van der Waals surface area contributed by atoms with Crippen LogP contribution in [0.4, 0.5) is 0 Å². The summed E-state index contributed by atoms with van der Waals surface area (Å²) in [6.07, 6.45) is 1.62. The molecule has 2 rings (SSSR count). The minimum Gasteiger partial charge on any atom is -0.207 e. The summed E-state index contributed by atoms with van der Waals surface area (Å²) in [5.41, 5.74) is 3.42. The fraction of sp³-hybridized carbons (Fsp3) is 0.364. The van der Waals surface area contributed by atoms with E-state index in [1.54, 1.807) is 18.2 Å². The van der Waals surface area contributed by atoms with E-state index in [1.165, 1.54) is 9.87 Å². The Morgan fingerprint density at radius 1 is 1.07 bits per heavy atom. The maximum atomic E-state index is 13.0. The van der Waals surface area contributed by atoms with Gasteiger partial charge in [0.05, 0.1) is 9.72 Å². The molecule has 2 aromatic rings. The molecule has 0 N–H and O–H groups in total. The van der Waals surface area contributed by atoms with Gasteiger partial charge in [-0.2, -0.15) is 4.31 Å². The third kappa shape index (κ3) is 5.53. The number of benzene rings is 2. The zero-order valence-electron chi connectivity index (χ0n) is 16.4. The van der Waals surface area contributed by atoms with Crippen LogP contribution < -0.4 is 0 Å². The number of nitrogens with zero attached hydrogens (tertiary/aromatic N) is 1. The first-order valence-electron chi connectivity index (χ1n) is 8.98. The molecule has 0 saturated carbocycles. The minimum absolute atomic E-state index is 0.0873. The quantitative estimate of drug-likeness (QED) is 0.407. The molecule has 0 fully saturated rings. The van der Waals surface area contributed by atoms with Crippen LogP contribution in [0.15, 0.2) is 66.1 Å². The van der Waals surface area contributed by atoms with Crippen LogP contribution in [0.25, 0.3) is 0 Å². The van der Waals surface area contributed by atoms with Crippen molar-refractivity contribution < 1.29 is 8.42 Å². The van der Waals surface area contributed by atoms with Gasteiger partial charge in [0.25, 0.3) is 0 Å². The SMILES string of the molecule is C=CCN(CC(Br)c1ccc(C(C)(C)C)cc1)S(=O)(=O)c1ccc(C)cc1. The van der Waals surface area contributed by atoms with Crippen molar-refractivity contribution in [3.63, 3.8) is 0 Å². The maximum Gasteiger partial charge on any atom is 0.243 e. The first-order valence-corrected chi connectivity index (χ1v) is 11.3. The van der Waals surface area contributed by atoms with E-state index in [1.807, 2.05) is 19.1 Å². The predicted molar refractivity (Wildman–Crippen MR) is 117 cm³/mol. The highest BCUT2D eigenvalue weighted by Gasteiger charge is 2.26. The van der Waals surface area contributed by atoms with Crippen molar-refractivity contribution in [2.75, 3.05) is 13.1 Å². The number of halogens is 1. The number of hydrogen-bond acceptors (Lipinski definition) is 2. The van der Waals surface area contributed by atoms with Gasteiger partial charge in [-0.25, -0.2) is 8.42 Å². The molecule has 2 aromatic carbocycles. The van der Waals surface area contributed by atoms with Gasteiger partial charge in [-0.15, -0.1) is 6.58 Å². The highest BCUT2D eigenvalue weighted by Crippen LogP contribution is 2.29. The first-order chi connectivity index (χ1) is 12.6. The number of rotatable bonds is 7. The molecule has 146 valence electrons. The van der Waals surface area contributed by atoms with E-state index in [0.29, 0.717) is 11.4 Å². The smallest absolute Gasteiger partial charge is 0.207 e. The lowest BCUT2D eigenvalue weighted by atomic mass is 9.86. The van der Waals surface area contributed by atoms with Gasteiger partial charge in [0.15, 0.2) is 0 Å². The van der Waals surface area contributed by atoms with Crippen LogP contribution in [0.1, 0.15) is 42.3 Å². The van der Waals surface area contributed by atoms with Crippen LogP contribution in [0.2, 0.25) is 0 Å². The Balaban J connectivity index is 2.24. The Morgan fingerprint density at radius 3 is 2.11 bits per heavy atom. The average Bonchev–Trinajstić information content (AvgIpc) is 2.61. The average molecular weight is 450 g/mol. The molecule has 0 aromatic heterocycles. The van der Waals surface area contributed by atoms with E-state index in [9.17, 15) is 8.42 Å². The van der Waals surface area contributed by atoms with Crippen molar-refractivity contribution in [3.05, 3.63) is 77.9 Å². The summed E-state index contributed by atoms with van der Waals surface area (Å²) in [7, 11) is -3.58. The van der Waals surface area contributed by atoms with Crippen LogP contribution in [0.3, 0.4) is 0 Å². The summed E-state index contributed by atoms with van der Waals surface area (Å²) in [5, 5.41) is 0.